The van der Waals surface area contributed by atoms with Crippen LogP contribution in [0.25, 0.3) is 0 Å². The molecule has 1 atom stereocenters. The predicted octanol–water partition coefficient (Wildman–Crippen LogP) is 4.01. The third-order valence-electron chi connectivity index (χ3n) is 4.04. The third-order valence-corrected chi connectivity index (χ3v) is 4.50. The number of nitrogens with zero attached hydrogens (tertiary/aromatic N) is 1. The Morgan fingerprint density at radius 3 is 2.70 bits per heavy atom. The van der Waals surface area contributed by atoms with Gasteiger partial charge in [0, 0.05) is 24.3 Å². The first-order valence-corrected chi connectivity index (χ1v) is 8.23. The van der Waals surface area contributed by atoms with Gasteiger partial charge in [-0.2, -0.15) is 0 Å². The van der Waals surface area contributed by atoms with Gasteiger partial charge in [0.05, 0.1) is 5.41 Å². The molecule has 1 heterocycles. The van der Waals surface area contributed by atoms with Crippen LogP contribution in [0.15, 0.2) is 42.5 Å². The predicted molar refractivity (Wildman–Crippen MR) is 86.7 cm³/mol. The Labute approximate surface area is 130 Å². The lowest BCUT2D eigenvalue weighted by atomic mass is 9.81. The highest BCUT2D eigenvalue weighted by Gasteiger charge is 2.45. The highest BCUT2D eigenvalue weighted by Crippen LogP contribution is 2.38. The Morgan fingerprint density at radius 1 is 1.35 bits per heavy atom. The molecule has 0 radical (unpaired) electrons. The van der Waals surface area contributed by atoms with Crippen LogP contribution in [0.3, 0.4) is 0 Å². The second kappa shape index (κ2) is 6.57. The Kier molecular flexibility index (Phi) is 5.03. The van der Waals surface area contributed by atoms with E-state index in [1.807, 2.05) is 23.1 Å². The number of allylic oxidation sites excluding steroid dienone is 1. The molecule has 0 aliphatic carbocycles. The molecule has 1 fully saturated rings. The van der Waals surface area contributed by atoms with Crippen molar-refractivity contribution in [2.24, 2.45) is 11.3 Å². The first-order valence-electron chi connectivity index (χ1n) is 7.11. The van der Waals surface area contributed by atoms with E-state index in [1.54, 1.807) is 0 Å². The number of halogens is 1. The summed E-state index contributed by atoms with van der Waals surface area (Å²) in [6, 6.07) is 10.2. The van der Waals surface area contributed by atoms with Crippen LogP contribution in [0.1, 0.15) is 25.8 Å². The Balaban J connectivity index is 2.08. The molecular weight excluding hydrogens is 314 g/mol. The van der Waals surface area contributed by atoms with E-state index in [9.17, 15) is 4.79 Å². The van der Waals surface area contributed by atoms with Crippen LogP contribution in [-0.4, -0.2) is 22.7 Å². The highest BCUT2D eigenvalue weighted by atomic mass is 79.9. The number of amides is 1. The van der Waals surface area contributed by atoms with Gasteiger partial charge in [0.2, 0.25) is 5.91 Å². The van der Waals surface area contributed by atoms with Gasteiger partial charge in [-0.15, -0.1) is 0 Å². The van der Waals surface area contributed by atoms with Gasteiger partial charge in [0.1, 0.15) is 0 Å². The summed E-state index contributed by atoms with van der Waals surface area (Å²) in [4.78, 5) is 14.5. The van der Waals surface area contributed by atoms with E-state index in [-0.39, 0.29) is 11.3 Å². The standard InChI is InChI=1S/C17H22BrNO/c1-17(2)15(10-6-7-11-18)13-19(16(17)20)12-14-8-4-3-5-9-14/h3-6,8-10,15H,7,11-13H2,1-2H3/b10-6+. The van der Waals surface area contributed by atoms with Crippen molar-refractivity contribution < 1.29 is 4.79 Å². The monoisotopic (exact) mass is 335 g/mol. The van der Waals surface area contributed by atoms with Gasteiger partial charge in [-0.3, -0.25) is 4.79 Å². The molecule has 1 saturated heterocycles. The van der Waals surface area contributed by atoms with E-state index in [4.69, 9.17) is 0 Å². The number of hydrogen-bond acceptors (Lipinski definition) is 1. The summed E-state index contributed by atoms with van der Waals surface area (Å²) in [7, 11) is 0. The molecule has 2 nitrogen and oxygen atoms in total. The first-order chi connectivity index (χ1) is 9.55. The van der Waals surface area contributed by atoms with Crippen LogP contribution < -0.4 is 0 Å². The molecule has 0 spiro atoms. The molecule has 0 bridgehead atoms. The van der Waals surface area contributed by atoms with Crippen LogP contribution in [0, 0.1) is 11.3 Å². The van der Waals surface area contributed by atoms with Crippen molar-refractivity contribution in [3.8, 4) is 0 Å². The average molecular weight is 336 g/mol. The van der Waals surface area contributed by atoms with Crippen LogP contribution >= 0.6 is 15.9 Å². The van der Waals surface area contributed by atoms with Crippen molar-refractivity contribution in [3.63, 3.8) is 0 Å². The lowest BCUT2D eigenvalue weighted by molar-refractivity contribution is -0.135. The zero-order valence-corrected chi connectivity index (χ0v) is 13.8. The van der Waals surface area contributed by atoms with Crippen LogP contribution in [0.5, 0.6) is 0 Å². The summed E-state index contributed by atoms with van der Waals surface area (Å²) in [5, 5.41) is 0.971. The third kappa shape index (κ3) is 3.32. The largest absolute Gasteiger partial charge is 0.337 e. The molecule has 1 aliphatic heterocycles. The molecular formula is C17H22BrNO. The Morgan fingerprint density at radius 2 is 2.05 bits per heavy atom. The van der Waals surface area contributed by atoms with E-state index in [0.29, 0.717) is 12.5 Å². The lowest BCUT2D eigenvalue weighted by Gasteiger charge is -2.21. The topological polar surface area (TPSA) is 20.3 Å². The molecule has 0 saturated carbocycles. The van der Waals surface area contributed by atoms with Crippen LogP contribution in [0.4, 0.5) is 0 Å². The molecule has 0 aromatic heterocycles. The summed E-state index contributed by atoms with van der Waals surface area (Å²) < 4.78 is 0. The second-order valence-corrected chi connectivity index (χ2v) is 6.70. The van der Waals surface area contributed by atoms with Crippen molar-refractivity contribution >= 4 is 21.8 Å². The summed E-state index contributed by atoms with van der Waals surface area (Å²) in [5.74, 6) is 0.563. The number of likely N-dealkylation sites (tertiary alicyclic amines) is 1. The number of hydrogen-bond donors (Lipinski definition) is 0. The summed E-state index contributed by atoms with van der Waals surface area (Å²) in [6.07, 6.45) is 5.41. The van der Waals surface area contributed by atoms with Crippen molar-refractivity contribution in [2.75, 3.05) is 11.9 Å². The molecule has 20 heavy (non-hydrogen) atoms. The van der Waals surface area contributed by atoms with Crippen molar-refractivity contribution in [3.05, 3.63) is 48.0 Å². The Hall–Kier alpha value is -1.09. The maximum absolute atomic E-state index is 12.6. The number of carbonyl (C=O) groups excluding carboxylic acids is 1. The van der Waals surface area contributed by atoms with E-state index in [2.05, 4.69) is 54.1 Å². The lowest BCUT2D eigenvalue weighted by Crippen LogP contribution is -2.31. The minimum atomic E-state index is -0.294. The van der Waals surface area contributed by atoms with E-state index < -0.39 is 0 Å². The van der Waals surface area contributed by atoms with E-state index in [0.717, 1.165) is 18.3 Å². The van der Waals surface area contributed by atoms with Crippen molar-refractivity contribution in [2.45, 2.75) is 26.8 Å². The number of benzene rings is 1. The van der Waals surface area contributed by atoms with Crippen molar-refractivity contribution in [1.82, 2.24) is 4.90 Å². The molecule has 1 unspecified atom stereocenters. The summed E-state index contributed by atoms with van der Waals surface area (Å²) in [5.41, 5.74) is 0.902. The highest BCUT2D eigenvalue weighted by molar-refractivity contribution is 9.09. The number of alkyl halides is 1. The zero-order chi connectivity index (χ0) is 14.6. The van der Waals surface area contributed by atoms with Crippen LogP contribution in [-0.2, 0) is 11.3 Å². The fourth-order valence-corrected chi connectivity index (χ4v) is 2.94. The summed E-state index contributed by atoms with van der Waals surface area (Å²) in [6.45, 7) is 5.65. The average Bonchev–Trinajstić information content (AvgIpc) is 2.64. The number of rotatable bonds is 5. The van der Waals surface area contributed by atoms with Crippen molar-refractivity contribution in [1.29, 1.82) is 0 Å². The van der Waals surface area contributed by atoms with Gasteiger partial charge in [-0.1, -0.05) is 72.3 Å². The maximum atomic E-state index is 12.6. The number of carbonyl (C=O) groups is 1. The summed E-state index contributed by atoms with van der Waals surface area (Å²) >= 11 is 3.43. The van der Waals surface area contributed by atoms with Gasteiger partial charge in [0.15, 0.2) is 0 Å². The fraction of sp³-hybridized carbons (Fsp3) is 0.471. The van der Waals surface area contributed by atoms with E-state index in [1.165, 1.54) is 5.56 Å². The second-order valence-electron chi connectivity index (χ2n) is 5.91. The minimum absolute atomic E-state index is 0.259. The zero-order valence-electron chi connectivity index (χ0n) is 12.2. The van der Waals surface area contributed by atoms with Gasteiger partial charge in [-0.25, -0.2) is 0 Å². The molecule has 108 valence electrons. The molecule has 0 N–H and O–H groups in total. The first kappa shape index (κ1) is 15.3. The molecule has 3 heteroatoms. The normalized spacial score (nSPS) is 21.9. The Bertz CT molecular complexity index is 481. The SMILES string of the molecule is CC1(C)C(=O)N(Cc2ccccc2)CC1/C=C/CCBr. The molecule has 1 aliphatic rings. The van der Waals surface area contributed by atoms with Gasteiger partial charge >= 0.3 is 0 Å². The van der Waals surface area contributed by atoms with E-state index >= 15 is 0 Å². The quantitative estimate of drug-likeness (QED) is 0.588. The van der Waals surface area contributed by atoms with Gasteiger partial charge < -0.3 is 4.90 Å². The molecule has 1 aromatic carbocycles. The minimum Gasteiger partial charge on any atom is -0.337 e. The maximum Gasteiger partial charge on any atom is 0.229 e. The van der Waals surface area contributed by atoms with Gasteiger partial charge in [-0.05, 0) is 12.0 Å². The molecule has 2 rings (SSSR count). The fourth-order valence-electron chi connectivity index (χ4n) is 2.68. The molecule has 1 aromatic rings. The van der Waals surface area contributed by atoms with Crippen LogP contribution in [0.2, 0.25) is 0 Å². The smallest absolute Gasteiger partial charge is 0.229 e. The molecule has 1 amide bonds. The van der Waals surface area contributed by atoms with Gasteiger partial charge in [0.25, 0.3) is 0 Å².